The summed E-state index contributed by atoms with van der Waals surface area (Å²) < 4.78 is 38.9. The zero-order chi connectivity index (χ0) is 19.9. The fourth-order valence-electron chi connectivity index (χ4n) is 3.53. The lowest BCUT2D eigenvalue weighted by molar-refractivity contribution is -0.137. The first-order chi connectivity index (χ1) is 13.4. The number of likely N-dealkylation sites (N-methyl/N-ethyl adjacent to an activating group) is 1. The van der Waals surface area contributed by atoms with Crippen molar-refractivity contribution in [3.63, 3.8) is 0 Å². The molecule has 3 nitrogen and oxygen atoms in total. The van der Waals surface area contributed by atoms with Crippen LogP contribution in [0.4, 0.5) is 30.2 Å². The molecule has 0 aromatic heterocycles. The van der Waals surface area contributed by atoms with E-state index in [2.05, 4.69) is 0 Å². The monoisotopic (exact) mass is 382 g/mol. The normalized spacial score (nSPS) is 16.9. The van der Waals surface area contributed by atoms with Gasteiger partial charge < -0.3 is 9.80 Å². The molecule has 1 aliphatic rings. The van der Waals surface area contributed by atoms with Crippen LogP contribution in [-0.4, -0.2) is 13.0 Å². The van der Waals surface area contributed by atoms with Gasteiger partial charge in [0.05, 0.1) is 16.9 Å². The van der Waals surface area contributed by atoms with E-state index in [1.165, 1.54) is 12.1 Å². The number of nitrogens with zero attached hydrogens (tertiary/aromatic N) is 2. The highest BCUT2D eigenvalue weighted by atomic mass is 19.4. The van der Waals surface area contributed by atoms with Crippen LogP contribution in [-0.2, 0) is 11.0 Å². The predicted octanol–water partition coefficient (Wildman–Crippen LogP) is 5.56. The standard InChI is InChI=1S/C22H17F3N2O/c1-26-18-9-5-6-10-19(18)27(17-13-11-16(12-14-17)22(23,24)25)20(21(26)28)15-7-3-2-4-8-15/h2-14,20H,1H3. The number of carbonyl (C=O) groups is 1. The van der Waals surface area contributed by atoms with Crippen molar-refractivity contribution in [2.24, 2.45) is 0 Å². The lowest BCUT2D eigenvalue weighted by Gasteiger charge is -2.42. The van der Waals surface area contributed by atoms with E-state index in [4.69, 9.17) is 0 Å². The molecule has 0 aliphatic carbocycles. The molecule has 0 spiro atoms. The Morgan fingerprint density at radius 3 is 1.96 bits per heavy atom. The van der Waals surface area contributed by atoms with Gasteiger partial charge in [-0.25, -0.2) is 0 Å². The van der Waals surface area contributed by atoms with Crippen molar-refractivity contribution in [3.05, 3.63) is 90.0 Å². The fraction of sp³-hybridized carbons (Fsp3) is 0.136. The summed E-state index contributed by atoms with van der Waals surface area (Å²) in [5.41, 5.74) is 2.04. The van der Waals surface area contributed by atoms with Gasteiger partial charge in [-0.15, -0.1) is 0 Å². The second-order valence-corrected chi connectivity index (χ2v) is 6.61. The number of amides is 1. The quantitative estimate of drug-likeness (QED) is 0.579. The molecule has 0 N–H and O–H groups in total. The Hall–Kier alpha value is -3.28. The van der Waals surface area contributed by atoms with Gasteiger partial charge in [0.2, 0.25) is 0 Å². The maximum absolute atomic E-state index is 13.2. The summed E-state index contributed by atoms with van der Waals surface area (Å²) >= 11 is 0. The Labute approximate surface area is 160 Å². The number of carbonyl (C=O) groups excluding carboxylic acids is 1. The molecule has 142 valence electrons. The van der Waals surface area contributed by atoms with E-state index >= 15 is 0 Å². The number of hydrogen-bond acceptors (Lipinski definition) is 2. The molecule has 1 atom stereocenters. The second kappa shape index (κ2) is 6.71. The minimum Gasteiger partial charge on any atom is -0.323 e. The van der Waals surface area contributed by atoms with Gasteiger partial charge >= 0.3 is 6.18 Å². The maximum atomic E-state index is 13.2. The van der Waals surface area contributed by atoms with E-state index in [0.29, 0.717) is 11.4 Å². The third-order valence-corrected chi connectivity index (χ3v) is 4.91. The van der Waals surface area contributed by atoms with E-state index in [1.807, 2.05) is 54.6 Å². The Balaban J connectivity index is 1.89. The van der Waals surface area contributed by atoms with Crippen molar-refractivity contribution in [1.29, 1.82) is 0 Å². The van der Waals surface area contributed by atoms with Crippen molar-refractivity contribution in [1.82, 2.24) is 0 Å². The van der Waals surface area contributed by atoms with Crippen LogP contribution in [0.5, 0.6) is 0 Å². The Morgan fingerprint density at radius 2 is 1.36 bits per heavy atom. The summed E-state index contributed by atoms with van der Waals surface area (Å²) in [5.74, 6) is -0.148. The smallest absolute Gasteiger partial charge is 0.323 e. The molecular formula is C22H17F3N2O. The summed E-state index contributed by atoms with van der Waals surface area (Å²) in [6, 6.07) is 20.9. The zero-order valence-electron chi connectivity index (χ0n) is 15.0. The molecule has 0 fully saturated rings. The van der Waals surface area contributed by atoms with Gasteiger partial charge in [0.1, 0.15) is 6.04 Å². The molecule has 3 aromatic carbocycles. The highest BCUT2D eigenvalue weighted by Crippen LogP contribution is 2.45. The fourth-order valence-corrected chi connectivity index (χ4v) is 3.53. The van der Waals surface area contributed by atoms with Crippen LogP contribution in [0.3, 0.4) is 0 Å². The first-order valence-corrected chi connectivity index (χ1v) is 8.76. The van der Waals surface area contributed by atoms with Crippen molar-refractivity contribution < 1.29 is 18.0 Å². The Morgan fingerprint density at radius 1 is 0.786 bits per heavy atom. The number of alkyl halides is 3. The second-order valence-electron chi connectivity index (χ2n) is 6.61. The number of fused-ring (bicyclic) bond motifs is 1. The minimum atomic E-state index is -4.41. The van der Waals surface area contributed by atoms with E-state index in [0.717, 1.165) is 23.4 Å². The van der Waals surface area contributed by atoms with Crippen LogP contribution >= 0.6 is 0 Å². The molecule has 0 saturated heterocycles. The van der Waals surface area contributed by atoms with Crippen LogP contribution in [0.2, 0.25) is 0 Å². The first-order valence-electron chi connectivity index (χ1n) is 8.76. The molecular weight excluding hydrogens is 365 g/mol. The van der Waals surface area contributed by atoms with E-state index < -0.39 is 17.8 Å². The van der Waals surface area contributed by atoms with Crippen LogP contribution in [0.1, 0.15) is 17.2 Å². The van der Waals surface area contributed by atoms with Gasteiger partial charge in [-0.1, -0.05) is 42.5 Å². The van der Waals surface area contributed by atoms with Crippen molar-refractivity contribution >= 4 is 23.0 Å². The van der Waals surface area contributed by atoms with Gasteiger partial charge in [-0.2, -0.15) is 13.2 Å². The molecule has 0 saturated carbocycles. The molecule has 1 amide bonds. The number of rotatable bonds is 2. The molecule has 1 unspecified atom stereocenters. The molecule has 28 heavy (non-hydrogen) atoms. The molecule has 4 rings (SSSR count). The molecule has 6 heteroatoms. The highest BCUT2D eigenvalue weighted by molar-refractivity contribution is 6.07. The summed E-state index contributed by atoms with van der Waals surface area (Å²) in [6.07, 6.45) is -4.41. The summed E-state index contributed by atoms with van der Waals surface area (Å²) in [4.78, 5) is 16.6. The topological polar surface area (TPSA) is 23.6 Å². The lowest BCUT2D eigenvalue weighted by atomic mass is 9.98. The molecule has 0 radical (unpaired) electrons. The Bertz CT molecular complexity index is 1000. The molecule has 0 bridgehead atoms. The van der Waals surface area contributed by atoms with Gasteiger partial charge in [0.15, 0.2) is 0 Å². The minimum absolute atomic E-state index is 0.148. The van der Waals surface area contributed by atoms with E-state index in [1.54, 1.807) is 16.8 Å². The highest BCUT2D eigenvalue weighted by Gasteiger charge is 2.38. The third-order valence-electron chi connectivity index (χ3n) is 4.91. The SMILES string of the molecule is CN1C(=O)C(c2ccccc2)N(c2ccc(C(F)(F)F)cc2)c2ccccc21. The van der Waals surface area contributed by atoms with Crippen molar-refractivity contribution in [3.8, 4) is 0 Å². The maximum Gasteiger partial charge on any atom is 0.416 e. The van der Waals surface area contributed by atoms with Crippen molar-refractivity contribution in [2.45, 2.75) is 12.2 Å². The van der Waals surface area contributed by atoms with Gasteiger partial charge in [0.25, 0.3) is 5.91 Å². The summed E-state index contributed by atoms with van der Waals surface area (Å²) in [7, 11) is 1.71. The van der Waals surface area contributed by atoms with Gasteiger partial charge in [-0.05, 0) is 42.0 Å². The summed E-state index contributed by atoms with van der Waals surface area (Å²) in [6.45, 7) is 0. The average Bonchev–Trinajstić information content (AvgIpc) is 2.70. The first kappa shape index (κ1) is 18.1. The van der Waals surface area contributed by atoms with Crippen LogP contribution in [0.15, 0.2) is 78.9 Å². The third kappa shape index (κ3) is 3.01. The van der Waals surface area contributed by atoms with Gasteiger partial charge in [0, 0.05) is 12.7 Å². The number of anilines is 3. The number of para-hydroxylation sites is 2. The largest absolute Gasteiger partial charge is 0.416 e. The van der Waals surface area contributed by atoms with E-state index in [-0.39, 0.29) is 5.91 Å². The van der Waals surface area contributed by atoms with Crippen LogP contribution < -0.4 is 9.80 Å². The predicted molar refractivity (Wildman–Crippen MR) is 103 cm³/mol. The van der Waals surface area contributed by atoms with Crippen molar-refractivity contribution in [2.75, 3.05) is 16.8 Å². The number of halogens is 3. The summed E-state index contributed by atoms with van der Waals surface area (Å²) in [5, 5.41) is 0. The average molecular weight is 382 g/mol. The van der Waals surface area contributed by atoms with Gasteiger partial charge in [-0.3, -0.25) is 4.79 Å². The van der Waals surface area contributed by atoms with Crippen LogP contribution in [0, 0.1) is 0 Å². The van der Waals surface area contributed by atoms with Crippen LogP contribution in [0.25, 0.3) is 0 Å². The molecule has 3 aromatic rings. The molecule has 1 aliphatic heterocycles. The molecule has 1 heterocycles. The Kier molecular flexibility index (Phi) is 4.34. The lowest BCUT2D eigenvalue weighted by Crippen LogP contribution is -2.44. The number of benzene rings is 3. The number of hydrogen-bond donors (Lipinski definition) is 0. The van der Waals surface area contributed by atoms with E-state index in [9.17, 15) is 18.0 Å². The zero-order valence-corrected chi connectivity index (χ0v) is 15.0.